The maximum Gasteiger partial charge on any atom is 0.160 e. The molecule has 3 rings (SSSR count). The monoisotopic (exact) mass is 593 g/mol. The first kappa shape index (κ1) is 32.3. The summed E-state index contributed by atoms with van der Waals surface area (Å²) >= 11 is 0. The largest absolute Gasteiger partial charge is 0.545 e. The van der Waals surface area contributed by atoms with Crippen LogP contribution in [0.5, 0.6) is 11.5 Å². The molecule has 224 valence electrons. The van der Waals surface area contributed by atoms with Crippen molar-refractivity contribution >= 4 is 27.9 Å². The highest BCUT2D eigenvalue weighted by Gasteiger charge is 2.16. The van der Waals surface area contributed by atoms with Crippen molar-refractivity contribution in [1.29, 1.82) is 0 Å². The quantitative estimate of drug-likeness (QED) is 0.160. The van der Waals surface area contributed by atoms with E-state index < -0.39 is 27.5 Å². The van der Waals surface area contributed by atoms with E-state index in [0.29, 0.717) is 17.9 Å². The number of pyridine rings is 1. The molecule has 0 aliphatic rings. The van der Waals surface area contributed by atoms with Crippen LogP contribution in [0.15, 0.2) is 66.7 Å². The van der Waals surface area contributed by atoms with E-state index in [1.54, 1.807) is 13.2 Å². The van der Waals surface area contributed by atoms with Crippen LogP contribution in [0.2, 0.25) is 0 Å². The number of unbranched alkanes of at least 4 members (excludes halogenated alkanes) is 5. The van der Waals surface area contributed by atoms with Gasteiger partial charge in [-0.15, -0.1) is 0 Å². The zero-order valence-electron chi connectivity index (χ0n) is 23.6. The normalized spacial score (nSPS) is 11.5. The van der Waals surface area contributed by atoms with E-state index in [1.807, 2.05) is 12.1 Å². The van der Waals surface area contributed by atoms with Crippen LogP contribution in [0.25, 0.3) is 6.08 Å². The number of ether oxygens (including phenoxy) is 2. The molecule has 0 bridgehead atoms. The van der Waals surface area contributed by atoms with Gasteiger partial charge < -0.3 is 29.3 Å². The Morgan fingerprint density at radius 1 is 0.857 bits per heavy atom. The summed E-state index contributed by atoms with van der Waals surface area (Å²) in [6.07, 6.45) is 9.31. The lowest BCUT2D eigenvalue weighted by atomic mass is 10.0. The fraction of sp³-hybridized carbons (Fsp3) is 0.344. The minimum absolute atomic E-state index is 0.109. The first-order chi connectivity index (χ1) is 20.1. The molecule has 0 unspecified atom stereocenters. The molecule has 0 spiro atoms. The highest BCUT2D eigenvalue weighted by Crippen LogP contribution is 2.22. The van der Waals surface area contributed by atoms with Gasteiger partial charge >= 0.3 is 0 Å². The number of methoxy groups -OCH3 is 1. The van der Waals surface area contributed by atoms with Crippen molar-refractivity contribution in [2.45, 2.75) is 56.5 Å². The third-order valence-electron chi connectivity index (χ3n) is 6.51. The molecule has 0 aliphatic carbocycles. The van der Waals surface area contributed by atoms with Gasteiger partial charge in [0.25, 0.3) is 0 Å². The molecule has 2 aromatic carbocycles. The van der Waals surface area contributed by atoms with Crippen LogP contribution in [0.4, 0.5) is 0 Å². The van der Waals surface area contributed by atoms with Gasteiger partial charge in [-0.2, -0.15) is 0 Å². The van der Waals surface area contributed by atoms with Gasteiger partial charge in [-0.25, -0.2) is 13.4 Å². The van der Waals surface area contributed by atoms with Crippen LogP contribution < -0.4 is 19.7 Å². The van der Waals surface area contributed by atoms with Gasteiger partial charge in [-0.1, -0.05) is 56.0 Å². The van der Waals surface area contributed by atoms with Gasteiger partial charge in [0.1, 0.15) is 17.2 Å². The predicted molar refractivity (Wildman–Crippen MR) is 155 cm³/mol. The van der Waals surface area contributed by atoms with Crippen LogP contribution >= 0.6 is 0 Å². The van der Waals surface area contributed by atoms with E-state index in [0.717, 1.165) is 56.8 Å². The van der Waals surface area contributed by atoms with Crippen LogP contribution in [0.1, 0.15) is 71.4 Å². The van der Waals surface area contributed by atoms with Gasteiger partial charge in [-0.05, 0) is 78.4 Å². The third kappa shape index (κ3) is 11.4. The Bertz CT molecular complexity index is 1470. The van der Waals surface area contributed by atoms with Crippen molar-refractivity contribution in [2.75, 3.05) is 13.7 Å². The maximum atomic E-state index is 12.8. The smallest absolute Gasteiger partial charge is 0.160 e. The molecule has 42 heavy (non-hydrogen) atoms. The predicted octanol–water partition coefficient (Wildman–Crippen LogP) is 3.29. The summed E-state index contributed by atoms with van der Waals surface area (Å²) < 4.78 is 36.6. The zero-order chi connectivity index (χ0) is 30.4. The number of benzene rings is 2. The Labute approximate surface area is 246 Å². The highest BCUT2D eigenvalue weighted by atomic mass is 32.2. The third-order valence-corrected chi connectivity index (χ3v) is 8.02. The van der Waals surface area contributed by atoms with E-state index in [1.165, 1.54) is 42.0 Å². The van der Waals surface area contributed by atoms with Gasteiger partial charge in [-0.3, -0.25) is 0 Å². The molecule has 3 aromatic rings. The number of hydrogen-bond donors (Lipinski definition) is 0. The average molecular weight is 594 g/mol. The molecule has 0 fully saturated rings. The van der Waals surface area contributed by atoms with Crippen LogP contribution in [0.3, 0.4) is 0 Å². The zero-order valence-corrected chi connectivity index (χ0v) is 24.4. The molecule has 1 aromatic heterocycles. The molecule has 0 saturated carbocycles. The fourth-order valence-corrected chi connectivity index (χ4v) is 5.81. The van der Waals surface area contributed by atoms with Crippen molar-refractivity contribution in [3.8, 4) is 11.5 Å². The lowest BCUT2D eigenvalue weighted by Crippen LogP contribution is -2.22. The van der Waals surface area contributed by atoms with Crippen molar-refractivity contribution < 1.29 is 37.7 Å². The second-order valence-electron chi connectivity index (χ2n) is 9.93. The average Bonchev–Trinajstić information content (AvgIpc) is 2.95. The summed E-state index contributed by atoms with van der Waals surface area (Å²) in [5, 5.41) is 22.1. The standard InChI is InChI=1S/C32H37NO8S/c1-40-28-15-12-24(13-16-28)9-6-4-2-3-5-7-20-41-30-18-14-27(33-29(30)17-19-31(34)35)23-42(38,39)22-25-10-8-11-26(21-25)32(36)37/h8,10-19,21H,2-7,9,20,22-23H2,1H3,(H,34,35)(H,36,37)/p-2/b19-17+. The fourth-order valence-electron chi connectivity index (χ4n) is 4.40. The summed E-state index contributed by atoms with van der Waals surface area (Å²) in [6.45, 7) is 0.409. The molecule has 0 saturated heterocycles. The molecular weight excluding hydrogens is 558 g/mol. The molecule has 1 heterocycles. The lowest BCUT2D eigenvalue weighted by Gasteiger charge is -2.12. The maximum absolute atomic E-state index is 12.8. The van der Waals surface area contributed by atoms with E-state index in [4.69, 9.17) is 9.47 Å². The Morgan fingerprint density at radius 2 is 1.57 bits per heavy atom. The first-order valence-electron chi connectivity index (χ1n) is 13.8. The highest BCUT2D eigenvalue weighted by molar-refractivity contribution is 7.89. The second kappa shape index (κ2) is 16.3. The van der Waals surface area contributed by atoms with Crippen molar-refractivity contribution in [3.05, 3.63) is 94.8 Å². The molecule has 10 heteroatoms. The molecule has 0 radical (unpaired) electrons. The van der Waals surface area contributed by atoms with Gasteiger partial charge in [0.2, 0.25) is 0 Å². The summed E-state index contributed by atoms with van der Waals surface area (Å²) in [5.41, 5.74) is 1.89. The number of aliphatic carboxylic acids is 1. The van der Waals surface area contributed by atoms with Crippen molar-refractivity contribution in [3.63, 3.8) is 0 Å². The Kier molecular flexibility index (Phi) is 12.6. The number of carboxylic acid groups (broad SMARTS) is 2. The Balaban J connectivity index is 1.47. The molecule has 0 aliphatic heterocycles. The molecule has 0 N–H and O–H groups in total. The first-order valence-corrected chi connectivity index (χ1v) is 15.6. The minimum atomic E-state index is -3.72. The van der Waals surface area contributed by atoms with Crippen LogP contribution in [-0.2, 0) is 32.6 Å². The lowest BCUT2D eigenvalue weighted by molar-refractivity contribution is -0.297. The Morgan fingerprint density at radius 3 is 2.26 bits per heavy atom. The number of aryl methyl sites for hydroxylation is 1. The topological polar surface area (TPSA) is 146 Å². The molecule has 9 nitrogen and oxygen atoms in total. The minimum Gasteiger partial charge on any atom is -0.545 e. The SMILES string of the molecule is COc1ccc(CCCCCCCCOc2ccc(CS(=O)(=O)Cc3cccc(C(=O)[O-])c3)nc2/C=C/C(=O)[O-])cc1. The number of hydrogen-bond acceptors (Lipinski definition) is 9. The number of aromatic carboxylic acids is 1. The number of nitrogens with zero attached hydrogens (tertiary/aromatic N) is 1. The van der Waals surface area contributed by atoms with Crippen molar-refractivity contribution in [2.24, 2.45) is 0 Å². The van der Waals surface area contributed by atoms with E-state index in [2.05, 4.69) is 17.1 Å². The van der Waals surface area contributed by atoms with Crippen LogP contribution in [-0.4, -0.2) is 39.1 Å². The number of carboxylic acids is 2. The van der Waals surface area contributed by atoms with E-state index >= 15 is 0 Å². The number of carbonyl (C=O) groups excluding carboxylic acids is 2. The summed E-state index contributed by atoms with van der Waals surface area (Å²) in [5.74, 6) is -2.42. The number of carbonyl (C=O) groups is 2. The van der Waals surface area contributed by atoms with Crippen LogP contribution in [0, 0.1) is 0 Å². The summed E-state index contributed by atoms with van der Waals surface area (Å²) in [4.78, 5) is 26.4. The molecule has 0 atom stereocenters. The number of aromatic nitrogens is 1. The Hall–Kier alpha value is -4.18. The van der Waals surface area contributed by atoms with Gasteiger partial charge in [0.15, 0.2) is 9.84 Å². The van der Waals surface area contributed by atoms with Crippen molar-refractivity contribution in [1.82, 2.24) is 4.98 Å². The van der Waals surface area contributed by atoms with Gasteiger partial charge in [0.05, 0.1) is 42.9 Å². The van der Waals surface area contributed by atoms with E-state index in [-0.39, 0.29) is 22.7 Å². The molecular formula is C32H35NO8S-2. The van der Waals surface area contributed by atoms with E-state index in [9.17, 15) is 28.2 Å². The molecule has 0 amide bonds. The number of sulfone groups is 1. The van der Waals surface area contributed by atoms with Gasteiger partial charge in [0, 0.05) is 0 Å². The summed E-state index contributed by atoms with van der Waals surface area (Å²) in [7, 11) is -2.06. The summed E-state index contributed by atoms with van der Waals surface area (Å²) in [6, 6.07) is 16.8. The number of rotatable bonds is 18. The second-order valence-corrected chi connectivity index (χ2v) is 12.0.